The number of nitrogens with zero attached hydrogens (tertiary/aromatic N) is 6. The molecule has 0 spiro atoms. The van der Waals surface area contributed by atoms with Crippen LogP contribution in [0.5, 0.6) is 0 Å². The van der Waals surface area contributed by atoms with E-state index in [0.29, 0.717) is 5.92 Å². The third kappa shape index (κ3) is 2.66. The molecule has 0 unspecified atom stereocenters. The quantitative estimate of drug-likeness (QED) is 0.845. The second-order valence-electron chi connectivity index (χ2n) is 6.44. The second-order valence-corrected chi connectivity index (χ2v) is 6.44. The van der Waals surface area contributed by atoms with Crippen LogP contribution in [0.25, 0.3) is 0 Å². The average Bonchev–Trinajstić information content (AvgIpc) is 3.12. The molecule has 22 heavy (non-hydrogen) atoms. The van der Waals surface area contributed by atoms with Crippen LogP contribution in [-0.4, -0.2) is 56.4 Å². The van der Waals surface area contributed by atoms with Gasteiger partial charge in [0.25, 0.3) is 0 Å². The van der Waals surface area contributed by atoms with Gasteiger partial charge in [-0.15, -0.1) is 0 Å². The third-order valence-corrected chi connectivity index (χ3v) is 4.73. The Morgan fingerprint density at radius 2 is 2.14 bits per heavy atom. The van der Waals surface area contributed by atoms with Crippen LogP contribution >= 0.6 is 0 Å². The third-order valence-electron chi connectivity index (χ3n) is 4.73. The maximum Gasteiger partial charge on any atom is 0.245 e. The molecular formula is C15H22N6O. The Morgan fingerprint density at radius 1 is 1.27 bits per heavy atom. The van der Waals surface area contributed by atoms with Gasteiger partial charge in [0.2, 0.25) is 5.89 Å². The zero-order valence-electron chi connectivity index (χ0n) is 13.1. The fraction of sp³-hybridized carbons (Fsp3) is 0.667. The van der Waals surface area contributed by atoms with Crippen molar-refractivity contribution in [2.45, 2.75) is 31.3 Å². The van der Waals surface area contributed by atoms with Crippen LogP contribution in [0.4, 0.5) is 0 Å². The predicted molar refractivity (Wildman–Crippen MR) is 80.1 cm³/mol. The number of rotatable bonds is 4. The van der Waals surface area contributed by atoms with Crippen LogP contribution in [0.15, 0.2) is 16.8 Å². The molecule has 0 N–H and O–H groups in total. The van der Waals surface area contributed by atoms with E-state index in [1.807, 2.05) is 17.9 Å². The first-order valence-corrected chi connectivity index (χ1v) is 7.93. The largest absolute Gasteiger partial charge is 0.338 e. The van der Waals surface area contributed by atoms with Crippen molar-refractivity contribution in [3.8, 4) is 0 Å². The van der Waals surface area contributed by atoms with Crippen molar-refractivity contribution >= 4 is 0 Å². The first-order chi connectivity index (χ1) is 10.7. The molecule has 0 aromatic carbocycles. The summed E-state index contributed by atoms with van der Waals surface area (Å²) in [7, 11) is 4.12. The Hall–Kier alpha value is -1.73. The Kier molecular flexibility index (Phi) is 3.46. The lowest BCUT2D eigenvalue weighted by Gasteiger charge is -2.37. The van der Waals surface area contributed by atoms with Gasteiger partial charge in [0.05, 0.1) is 5.69 Å². The van der Waals surface area contributed by atoms with Gasteiger partial charge in [-0.2, -0.15) is 10.1 Å². The first kappa shape index (κ1) is 13.9. The highest BCUT2D eigenvalue weighted by atomic mass is 16.5. The van der Waals surface area contributed by atoms with Crippen molar-refractivity contribution in [3.05, 3.63) is 29.7 Å². The lowest BCUT2D eigenvalue weighted by atomic mass is 10.1. The van der Waals surface area contributed by atoms with Crippen LogP contribution in [-0.2, 0) is 13.6 Å². The number of aryl methyl sites for hydroxylation is 1. The smallest absolute Gasteiger partial charge is 0.245 e. The Morgan fingerprint density at radius 3 is 2.86 bits per heavy atom. The number of aromatic nitrogens is 4. The van der Waals surface area contributed by atoms with E-state index in [-0.39, 0.29) is 6.04 Å². The lowest BCUT2D eigenvalue weighted by Crippen LogP contribution is -2.46. The molecule has 2 aromatic rings. The summed E-state index contributed by atoms with van der Waals surface area (Å²) < 4.78 is 7.47. The van der Waals surface area contributed by atoms with E-state index in [9.17, 15) is 0 Å². The molecule has 1 atom stereocenters. The van der Waals surface area contributed by atoms with Crippen LogP contribution in [0.3, 0.4) is 0 Å². The minimum Gasteiger partial charge on any atom is -0.338 e. The molecule has 0 radical (unpaired) electrons. The lowest BCUT2D eigenvalue weighted by molar-refractivity contribution is 0.0700. The molecule has 2 aromatic heterocycles. The Balaban J connectivity index is 1.47. The van der Waals surface area contributed by atoms with Gasteiger partial charge < -0.3 is 4.52 Å². The molecule has 7 nitrogen and oxygen atoms in total. The van der Waals surface area contributed by atoms with E-state index in [1.165, 1.54) is 18.5 Å². The van der Waals surface area contributed by atoms with E-state index in [0.717, 1.165) is 37.9 Å². The molecule has 1 saturated heterocycles. The summed E-state index contributed by atoms with van der Waals surface area (Å²) >= 11 is 0. The highest BCUT2D eigenvalue weighted by Crippen LogP contribution is 2.38. The van der Waals surface area contributed by atoms with E-state index >= 15 is 0 Å². The van der Waals surface area contributed by atoms with Gasteiger partial charge in [0.1, 0.15) is 6.04 Å². The Bertz CT molecular complexity index is 646. The standard InChI is InChI=1S/C15H22N6O/c1-19-7-8-21(9-12-5-6-16-20(12)2)10-13(19)15-17-14(18-22-15)11-3-4-11/h5-6,11,13H,3-4,7-10H2,1-2H3/t13-/m1/s1. The van der Waals surface area contributed by atoms with Crippen molar-refractivity contribution in [2.75, 3.05) is 26.7 Å². The molecule has 1 aliphatic heterocycles. The van der Waals surface area contributed by atoms with E-state index in [4.69, 9.17) is 4.52 Å². The molecule has 1 aliphatic carbocycles. The van der Waals surface area contributed by atoms with Gasteiger partial charge in [-0.05, 0) is 26.0 Å². The van der Waals surface area contributed by atoms with E-state index in [1.54, 1.807) is 0 Å². The molecule has 3 heterocycles. The summed E-state index contributed by atoms with van der Waals surface area (Å²) in [6.45, 7) is 3.86. The van der Waals surface area contributed by atoms with Gasteiger partial charge in [0.15, 0.2) is 5.82 Å². The van der Waals surface area contributed by atoms with Crippen molar-refractivity contribution in [3.63, 3.8) is 0 Å². The molecular weight excluding hydrogens is 280 g/mol. The summed E-state index contributed by atoms with van der Waals surface area (Å²) in [4.78, 5) is 9.37. The summed E-state index contributed by atoms with van der Waals surface area (Å²) in [5.74, 6) is 2.20. The fourth-order valence-electron chi connectivity index (χ4n) is 3.02. The molecule has 2 aliphatic rings. The monoisotopic (exact) mass is 302 g/mol. The van der Waals surface area contributed by atoms with Gasteiger partial charge in [0, 0.05) is 45.3 Å². The topological polar surface area (TPSA) is 63.2 Å². The summed E-state index contributed by atoms with van der Waals surface area (Å²) in [5, 5.41) is 8.40. The van der Waals surface area contributed by atoms with E-state index in [2.05, 4.69) is 38.2 Å². The van der Waals surface area contributed by atoms with Crippen LogP contribution < -0.4 is 0 Å². The maximum atomic E-state index is 5.54. The maximum absolute atomic E-state index is 5.54. The minimum atomic E-state index is 0.182. The van der Waals surface area contributed by atoms with Gasteiger partial charge in [-0.25, -0.2) is 0 Å². The molecule has 7 heteroatoms. The minimum absolute atomic E-state index is 0.182. The number of hydrogen-bond acceptors (Lipinski definition) is 6. The molecule has 2 fully saturated rings. The number of piperazine rings is 1. The summed E-state index contributed by atoms with van der Waals surface area (Å²) in [6, 6.07) is 2.26. The average molecular weight is 302 g/mol. The SMILES string of the molecule is CN1CCN(Cc2ccnn2C)C[C@@H]1c1nc(C2CC2)no1. The first-order valence-electron chi connectivity index (χ1n) is 7.93. The van der Waals surface area contributed by atoms with Crippen molar-refractivity contribution in [2.24, 2.45) is 7.05 Å². The molecule has 118 valence electrons. The zero-order chi connectivity index (χ0) is 15.1. The zero-order valence-corrected chi connectivity index (χ0v) is 13.1. The highest BCUT2D eigenvalue weighted by Gasteiger charge is 2.33. The van der Waals surface area contributed by atoms with Crippen LogP contribution in [0.1, 0.15) is 42.2 Å². The van der Waals surface area contributed by atoms with Crippen molar-refractivity contribution in [1.82, 2.24) is 29.7 Å². The number of likely N-dealkylation sites (N-methyl/N-ethyl adjacent to an activating group) is 1. The van der Waals surface area contributed by atoms with Crippen molar-refractivity contribution < 1.29 is 4.52 Å². The van der Waals surface area contributed by atoms with Crippen LogP contribution in [0, 0.1) is 0 Å². The number of hydrogen-bond donors (Lipinski definition) is 0. The Labute approximate surface area is 129 Å². The van der Waals surface area contributed by atoms with Gasteiger partial charge >= 0.3 is 0 Å². The molecule has 4 rings (SSSR count). The highest BCUT2D eigenvalue weighted by molar-refractivity contribution is 5.06. The normalized spacial score (nSPS) is 24.0. The summed E-state index contributed by atoms with van der Waals surface area (Å²) in [5.41, 5.74) is 1.23. The van der Waals surface area contributed by atoms with E-state index < -0.39 is 0 Å². The molecule has 0 amide bonds. The molecule has 0 bridgehead atoms. The van der Waals surface area contributed by atoms with Crippen molar-refractivity contribution in [1.29, 1.82) is 0 Å². The fourth-order valence-corrected chi connectivity index (χ4v) is 3.02. The second kappa shape index (κ2) is 5.48. The van der Waals surface area contributed by atoms with Gasteiger partial charge in [-0.1, -0.05) is 5.16 Å². The van der Waals surface area contributed by atoms with Crippen LogP contribution in [0.2, 0.25) is 0 Å². The van der Waals surface area contributed by atoms with Gasteiger partial charge in [-0.3, -0.25) is 14.5 Å². The molecule has 1 saturated carbocycles. The predicted octanol–water partition coefficient (Wildman–Crippen LogP) is 1.17. The summed E-state index contributed by atoms with van der Waals surface area (Å²) in [6.07, 6.45) is 4.25.